The van der Waals surface area contributed by atoms with Crippen molar-refractivity contribution in [3.63, 3.8) is 0 Å². The quantitative estimate of drug-likeness (QED) is 0.657. The Morgan fingerprint density at radius 3 is 2.57 bits per heavy atom. The summed E-state index contributed by atoms with van der Waals surface area (Å²) in [4.78, 5) is 10.5. The molecule has 4 nitrogen and oxygen atoms in total. The molecule has 0 saturated carbocycles. The maximum atomic E-state index is 13.7. The molecule has 0 amide bonds. The molecule has 2 aromatic carbocycles. The van der Waals surface area contributed by atoms with Crippen LogP contribution in [0.25, 0.3) is 0 Å². The van der Waals surface area contributed by atoms with Crippen molar-refractivity contribution in [3.8, 4) is 0 Å². The molecule has 0 spiro atoms. The molecule has 0 bridgehead atoms. The largest absolute Gasteiger partial charge is 0.375 e. The highest BCUT2D eigenvalue weighted by atomic mass is 35.5. The number of benzene rings is 2. The normalized spacial score (nSPS) is 12.0. The summed E-state index contributed by atoms with van der Waals surface area (Å²) < 4.78 is 26.7. The second kappa shape index (κ2) is 6.05. The smallest absolute Gasteiger partial charge is 0.274 e. The number of nitrogens with one attached hydrogen (secondary N) is 1. The van der Waals surface area contributed by atoms with Gasteiger partial charge in [0.1, 0.15) is 5.82 Å². The van der Waals surface area contributed by atoms with Gasteiger partial charge in [-0.2, -0.15) is 0 Å². The van der Waals surface area contributed by atoms with Crippen LogP contribution in [-0.2, 0) is 0 Å². The van der Waals surface area contributed by atoms with Gasteiger partial charge in [0.25, 0.3) is 5.69 Å². The minimum absolute atomic E-state index is 0.0869. The van der Waals surface area contributed by atoms with Gasteiger partial charge in [0.15, 0.2) is 5.82 Å². The van der Waals surface area contributed by atoms with Crippen molar-refractivity contribution in [2.75, 3.05) is 5.32 Å². The van der Waals surface area contributed by atoms with Gasteiger partial charge in [0, 0.05) is 12.1 Å². The van der Waals surface area contributed by atoms with Crippen LogP contribution in [0.2, 0.25) is 5.02 Å². The molecule has 1 N–H and O–H groups in total. The third kappa shape index (κ3) is 3.28. The van der Waals surface area contributed by atoms with E-state index in [9.17, 15) is 18.9 Å². The number of hydrogen-bond acceptors (Lipinski definition) is 3. The molecule has 1 atom stereocenters. The Kier molecular flexibility index (Phi) is 4.37. The van der Waals surface area contributed by atoms with E-state index in [1.54, 1.807) is 25.1 Å². The van der Waals surface area contributed by atoms with Crippen LogP contribution in [0.4, 0.5) is 20.2 Å². The molecule has 0 heterocycles. The molecule has 0 aromatic heterocycles. The molecule has 110 valence electrons. The van der Waals surface area contributed by atoms with Crippen molar-refractivity contribution in [1.29, 1.82) is 0 Å². The van der Waals surface area contributed by atoms with Crippen LogP contribution in [0.15, 0.2) is 36.4 Å². The lowest BCUT2D eigenvalue weighted by Gasteiger charge is -2.17. The third-order valence-electron chi connectivity index (χ3n) is 2.97. The van der Waals surface area contributed by atoms with Crippen molar-refractivity contribution < 1.29 is 13.7 Å². The first-order chi connectivity index (χ1) is 9.90. The number of rotatable bonds is 4. The van der Waals surface area contributed by atoms with E-state index in [1.165, 1.54) is 6.07 Å². The molecule has 0 radical (unpaired) electrons. The SMILES string of the molecule is CC(Nc1c(F)cc(F)cc1Cl)c1ccccc1[N+](=O)[O-]. The maximum absolute atomic E-state index is 13.7. The zero-order valence-electron chi connectivity index (χ0n) is 10.9. The lowest BCUT2D eigenvalue weighted by molar-refractivity contribution is -0.385. The van der Waals surface area contributed by atoms with Crippen molar-refractivity contribution in [2.45, 2.75) is 13.0 Å². The molecule has 7 heteroatoms. The molecule has 0 aliphatic carbocycles. The summed E-state index contributed by atoms with van der Waals surface area (Å²) in [6.45, 7) is 1.63. The van der Waals surface area contributed by atoms with E-state index in [0.29, 0.717) is 11.6 Å². The molecule has 0 aliphatic heterocycles. The van der Waals surface area contributed by atoms with Gasteiger partial charge < -0.3 is 5.32 Å². The van der Waals surface area contributed by atoms with Gasteiger partial charge in [-0.15, -0.1) is 0 Å². The Bertz CT molecular complexity index is 671. The number of nitro groups is 1. The summed E-state index contributed by atoms with van der Waals surface area (Å²) in [6.07, 6.45) is 0. The van der Waals surface area contributed by atoms with Crippen molar-refractivity contribution in [1.82, 2.24) is 0 Å². The number of halogens is 3. The van der Waals surface area contributed by atoms with Gasteiger partial charge in [0.2, 0.25) is 0 Å². The van der Waals surface area contributed by atoms with Crippen LogP contribution < -0.4 is 5.32 Å². The third-order valence-corrected chi connectivity index (χ3v) is 3.27. The van der Waals surface area contributed by atoms with Crippen LogP contribution in [0, 0.1) is 21.7 Å². The Morgan fingerprint density at radius 2 is 1.95 bits per heavy atom. The highest BCUT2D eigenvalue weighted by Gasteiger charge is 2.20. The van der Waals surface area contributed by atoms with Crippen LogP contribution in [0.5, 0.6) is 0 Å². The van der Waals surface area contributed by atoms with Crippen molar-refractivity contribution in [3.05, 3.63) is 68.7 Å². The highest BCUT2D eigenvalue weighted by molar-refractivity contribution is 6.33. The fourth-order valence-electron chi connectivity index (χ4n) is 1.99. The molecule has 0 aliphatic rings. The van der Waals surface area contributed by atoms with E-state index in [2.05, 4.69) is 5.32 Å². The molecular formula is C14H11ClF2N2O2. The summed E-state index contributed by atoms with van der Waals surface area (Å²) in [5, 5.41) is 13.6. The summed E-state index contributed by atoms with van der Waals surface area (Å²) in [7, 11) is 0. The fraction of sp³-hybridized carbons (Fsp3) is 0.143. The van der Waals surface area contributed by atoms with E-state index >= 15 is 0 Å². The molecule has 21 heavy (non-hydrogen) atoms. The summed E-state index contributed by atoms with van der Waals surface area (Å²) in [6, 6.07) is 7.19. The number of nitrogens with zero attached hydrogens (tertiary/aromatic N) is 1. The van der Waals surface area contributed by atoms with E-state index in [4.69, 9.17) is 11.6 Å². The average molecular weight is 313 g/mol. The second-order valence-corrected chi connectivity index (χ2v) is 4.83. The molecule has 2 aromatic rings. The summed E-state index contributed by atoms with van der Waals surface area (Å²) >= 11 is 5.79. The first kappa shape index (κ1) is 15.2. The van der Waals surface area contributed by atoms with Crippen LogP contribution in [0.1, 0.15) is 18.5 Å². The molecular weight excluding hydrogens is 302 g/mol. The zero-order chi connectivity index (χ0) is 15.6. The highest BCUT2D eigenvalue weighted by Crippen LogP contribution is 2.32. The minimum atomic E-state index is -0.856. The van der Waals surface area contributed by atoms with Crippen LogP contribution in [0.3, 0.4) is 0 Å². The van der Waals surface area contributed by atoms with Crippen LogP contribution >= 0.6 is 11.6 Å². The molecule has 0 saturated heterocycles. The molecule has 0 fully saturated rings. The topological polar surface area (TPSA) is 55.2 Å². The fourth-order valence-corrected chi connectivity index (χ4v) is 2.24. The Hall–Kier alpha value is -2.21. The van der Waals surface area contributed by atoms with Gasteiger partial charge >= 0.3 is 0 Å². The minimum Gasteiger partial charge on any atom is -0.375 e. The van der Waals surface area contributed by atoms with Crippen molar-refractivity contribution in [2.24, 2.45) is 0 Å². The Balaban J connectivity index is 2.35. The van der Waals surface area contributed by atoms with Gasteiger partial charge in [-0.05, 0) is 13.0 Å². The van der Waals surface area contributed by atoms with E-state index < -0.39 is 22.6 Å². The Morgan fingerprint density at radius 1 is 1.29 bits per heavy atom. The lowest BCUT2D eigenvalue weighted by Crippen LogP contribution is -2.10. The molecule has 2 rings (SSSR count). The lowest BCUT2D eigenvalue weighted by atomic mass is 10.1. The number of anilines is 1. The van der Waals surface area contributed by atoms with Crippen LogP contribution in [-0.4, -0.2) is 4.92 Å². The molecule has 1 unspecified atom stereocenters. The van der Waals surface area contributed by atoms with Gasteiger partial charge in [0.05, 0.1) is 27.2 Å². The van der Waals surface area contributed by atoms with Crippen molar-refractivity contribution >= 4 is 23.0 Å². The summed E-state index contributed by atoms with van der Waals surface area (Å²) in [5.74, 6) is -1.65. The second-order valence-electron chi connectivity index (χ2n) is 4.43. The Labute approximate surface area is 124 Å². The first-order valence-electron chi connectivity index (χ1n) is 6.04. The van der Waals surface area contributed by atoms with Gasteiger partial charge in [-0.25, -0.2) is 8.78 Å². The zero-order valence-corrected chi connectivity index (χ0v) is 11.7. The van der Waals surface area contributed by atoms with E-state index in [-0.39, 0.29) is 16.4 Å². The standard InChI is InChI=1S/C14H11ClF2N2O2/c1-8(10-4-2-3-5-13(10)19(20)21)18-14-11(15)6-9(16)7-12(14)17/h2-8,18H,1H3. The number of hydrogen-bond donors (Lipinski definition) is 1. The predicted molar refractivity (Wildman–Crippen MR) is 76.5 cm³/mol. The number of para-hydroxylation sites is 1. The average Bonchev–Trinajstić information content (AvgIpc) is 2.42. The first-order valence-corrected chi connectivity index (χ1v) is 6.42. The van der Waals surface area contributed by atoms with Gasteiger partial charge in [-0.3, -0.25) is 10.1 Å². The van der Waals surface area contributed by atoms with Gasteiger partial charge in [-0.1, -0.05) is 29.8 Å². The number of nitro benzene ring substituents is 1. The maximum Gasteiger partial charge on any atom is 0.274 e. The predicted octanol–water partition coefficient (Wildman–Crippen LogP) is 4.70. The monoisotopic (exact) mass is 312 g/mol. The summed E-state index contributed by atoms with van der Waals surface area (Å²) in [5.41, 5.74) is 0.196. The van der Waals surface area contributed by atoms with E-state index in [1.807, 2.05) is 0 Å². The van der Waals surface area contributed by atoms with E-state index in [0.717, 1.165) is 6.07 Å².